The van der Waals surface area contributed by atoms with Crippen LogP contribution in [0.15, 0.2) is 0 Å². The molecule has 0 aliphatic carbocycles. The van der Waals surface area contributed by atoms with E-state index in [1.165, 1.54) is 0 Å². The van der Waals surface area contributed by atoms with E-state index in [9.17, 15) is 4.79 Å². The number of amides is 1. The quantitative estimate of drug-likeness (QED) is 0.426. The van der Waals surface area contributed by atoms with E-state index >= 15 is 0 Å². The van der Waals surface area contributed by atoms with Crippen molar-refractivity contribution in [3.8, 4) is 0 Å². The van der Waals surface area contributed by atoms with Gasteiger partial charge in [-0.1, -0.05) is 6.42 Å². The molecule has 0 unspecified atom stereocenters. The van der Waals surface area contributed by atoms with Gasteiger partial charge in [-0.15, -0.1) is 0 Å². The lowest BCUT2D eigenvalue weighted by molar-refractivity contribution is 0.0704. The summed E-state index contributed by atoms with van der Waals surface area (Å²) in [6.45, 7) is 11.4. The first-order chi connectivity index (χ1) is 9.81. The smallest absolute Gasteiger partial charge is 0.465 e. The van der Waals surface area contributed by atoms with Crippen molar-refractivity contribution in [3.05, 3.63) is 0 Å². The van der Waals surface area contributed by atoms with Gasteiger partial charge in [0.05, 0.1) is 0 Å². The molecule has 0 saturated heterocycles. The second kappa shape index (κ2) is 10.2. The molecular weight excluding hydrogens is 290 g/mol. The van der Waals surface area contributed by atoms with Crippen LogP contribution in [0.1, 0.15) is 53.9 Å². The van der Waals surface area contributed by atoms with Crippen molar-refractivity contribution in [1.82, 2.24) is 5.32 Å². The summed E-state index contributed by atoms with van der Waals surface area (Å²) in [6, 6.07) is 0.770. The molecule has 0 radical (unpaired) electrons. The van der Waals surface area contributed by atoms with Gasteiger partial charge in [0.15, 0.2) is 0 Å². The van der Waals surface area contributed by atoms with Gasteiger partial charge < -0.3 is 23.7 Å². The fraction of sp³-hybridized carbons (Fsp3) is 0.929. The van der Waals surface area contributed by atoms with E-state index in [-0.39, 0.29) is 0 Å². The van der Waals surface area contributed by atoms with E-state index in [0.29, 0.717) is 19.8 Å². The maximum atomic E-state index is 10.7. The van der Waals surface area contributed by atoms with E-state index in [2.05, 4.69) is 5.32 Å². The van der Waals surface area contributed by atoms with Gasteiger partial charge >= 0.3 is 14.9 Å². The first kappa shape index (κ1) is 20.4. The summed E-state index contributed by atoms with van der Waals surface area (Å²) in [5.74, 6) is 0. The highest BCUT2D eigenvalue weighted by molar-refractivity contribution is 6.60. The third-order valence-corrected chi connectivity index (χ3v) is 6.22. The van der Waals surface area contributed by atoms with Crippen molar-refractivity contribution in [1.29, 1.82) is 0 Å². The van der Waals surface area contributed by atoms with Gasteiger partial charge in [-0.05, 0) is 47.5 Å². The van der Waals surface area contributed by atoms with E-state index in [0.717, 1.165) is 25.3 Å². The molecule has 0 aromatic carbocycles. The van der Waals surface area contributed by atoms with Gasteiger partial charge in [0.25, 0.3) is 0 Å². The van der Waals surface area contributed by atoms with Crippen molar-refractivity contribution in [3.63, 3.8) is 0 Å². The Balaban J connectivity index is 4.32. The summed E-state index contributed by atoms with van der Waals surface area (Å²) in [7, 11) is -2.56. The van der Waals surface area contributed by atoms with E-state index < -0.39 is 20.4 Å². The molecule has 21 heavy (non-hydrogen) atoms. The largest absolute Gasteiger partial charge is 0.500 e. The number of hydrogen-bond acceptors (Lipinski definition) is 4. The van der Waals surface area contributed by atoms with Crippen molar-refractivity contribution < 1.29 is 23.2 Å². The number of carboxylic acid groups (broad SMARTS) is 1. The minimum absolute atomic E-state index is 0.418. The summed E-state index contributed by atoms with van der Waals surface area (Å²) in [5, 5.41) is 11.3. The van der Waals surface area contributed by atoms with Crippen LogP contribution in [0.3, 0.4) is 0 Å². The van der Waals surface area contributed by atoms with Crippen LogP contribution >= 0.6 is 0 Å². The molecule has 7 heteroatoms. The monoisotopic (exact) mass is 321 g/mol. The van der Waals surface area contributed by atoms with Crippen molar-refractivity contribution in [2.24, 2.45) is 0 Å². The fourth-order valence-corrected chi connectivity index (χ4v) is 4.95. The molecule has 0 aromatic rings. The molecule has 0 atom stereocenters. The summed E-state index contributed by atoms with van der Waals surface area (Å²) >= 11 is 0. The van der Waals surface area contributed by atoms with Gasteiger partial charge in [0, 0.05) is 31.4 Å². The number of hydrogen-bond donors (Lipinski definition) is 2. The van der Waals surface area contributed by atoms with Gasteiger partial charge in [0.1, 0.15) is 0 Å². The van der Waals surface area contributed by atoms with Crippen molar-refractivity contribution in [2.75, 3.05) is 19.8 Å². The molecule has 0 bridgehead atoms. The van der Waals surface area contributed by atoms with Crippen LogP contribution in [0.4, 0.5) is 4.79 Å². The van der Waals surface area contributed by atoms with E-state index in [1.807, 2.05) is 34.6 Å². The SMILES string of the molecule is CCO[Si](CCCCC(C)(C)NC(=O)O)(OCC)OCC. The standard InChI is InChI=1S/C14H31NO5Si/c1-6-18-21(19-7-2,20-8-3)12-10-9-11-14(4,5)15-13(16)17/h15H,6-12H2,1-5H3,(H,16,17). The second-order valence-corrected chi connectivity index (χ2v) is 8.24. The molecule has 0 spiro atoms. The molecule has 0 rings (SSSR count). The zero-order chi connectivity index (χ0) is 16.4. The van der Waals surface area contributed by atoms with Crippen LogP contribution in [0.2, 0.25) is 6.04 Å². The van der Waals surface area contributed by atoms with Crippen LogP contribution in [0.5, 0.6) is 0 Å². The Kier molecular flexibility index (Phi) is 9.85. The average Bonchev–Trinajstić information content (AvgIpc) is 2.34. The van der Waals surface area contributed by atoms with Gasteiger partial charge in [-0.3, -0.25) is 0 Å². The molecule has 0 heterocycles. The van der Waals surface area contributed by atoms with Crippen LogP contribution in [0, 0.1) is 0 Å². The Bertz CT molecular complexity index is 282. The second-order valence-electron chi connectivity index (χ2n) is 5.50. The number of carbonyl (C=O) groups is 1. The lowest BCUT2D eigenvalue weighted by atomic mass is 9.98. The molecule has 1 amide bonds. The van der Waals surface area contributed by atoms with Crippen LogP contribution in [-0.2, 0) is 13.3 Å². The van der Waals surface area contributed by atoms with E-state index in [1.54, 1.807) is 0 Å². The molecule has 0 saturated carbocycles. The predicted molar refractivity (Wildman–Crippen MR) is 84.5 cm³/mol. The number of unbranched alkanes of at least 4 members (excludes halogenated alkanes) is 1. The normalized spacial score (nSPS) is 12.4. The summed E-state index contributed by atoms with van der Waals surface area (Å²) in [5.41, 5.74) is -0.418. The van der Waals surface area contributed by atoms with Gasteiger partial charge in [0.2, 0.25) is 0 Å². The molecule has 126 valence electrons. The minimum Gasteiger partial charge on any atom is -0.465 e. The zero-order valence-corrected chi connectivity index (χ0v) is 15.0. The molecule has 0 fully saturated rings. The highest BCUT2D eigenvalue weighted by Gasteiger charge is 2.39. The molecule has 0 aromatic heterocycles. The third-order valence-electron chi connectivity index (χ3n) is 3.07. The minimum atomic E-state index is -2.56. The maximum Gasteiger partial charge on any atom is 0.500 e. The van der Waals surface area contributed by atoms with E-state index in [4.69, 9.17) is 18.4 Å². The maximum absolute atomic E-state index is 10.7. The molecular formula is C14H31NO5Si. The highest BCUT2D eigenvalue weighted by Crippen LogP contribution is 2.22. The lowest BCUT2D eigenvalue weighted by Crippen LogP contribution is -2.46. The van der Waals surface area contributed by atoms with Crippen LogP contribution < -0.4 is 5.32 Å². The molecule has 0 aliphatic rings. The third kappa shape index (κ3) is 9.08. The predicted octanol–water partition coefficient (Wildman–Crippen LogP) is 3.25. The van der Waals surface area contributed by atoms with Crippen molar-refractivity contribution in [2.45, 2.75) is 65.5 Å². The Hall–Kier alpha value is -0.633. The first-order valence-corrected chi connectivity index (χ1v) is 9.67. The first-order valence-electron chi connectivity index (χ1n) is 7.73. The molecule has 6 nitrogen and oxygen atoms in total. The summed E-state index contributed by atoms with van der Waals surface area (Å²) in [6.07, 6.45) is 1.59. The highest BCUT2D eigenvalue weighted by atomic mass is 28.4. The average molecular weight is 321 g/mol. The molecule has 0 aliphatic heterocycles. The molecule has 2 N–H and O–H groups in total. The van der Waals surface area contributed by atoms with Crippen LogP contribution in [0.25, 0.3) is 0 Å². The Labute approximate surface area is 129 Å². The number of nitrogens with one attached hydrogen (secondary N) is 1. The Morgan fingerprint density at radius 2 is 1.52 bits per heavy atom. The Morgan fingerprint density at radius 1 is 1.05 bits per heavy atom. The van der Waals surface area contributed by atoms with Gasteiger partial charge in [-0.2, -0.15) is 0 Å². The van der Waals surface area contributed by atoms with Crippen molar-refractivity contribution >= 4 is 14.9 Å². The number of rotatable bonds is 12. The summed E-state index contributed by atoms with van der Waals surface area (Å²) < 4.78 is 17.4. The summed E-state index contributed by atoms with van der Waals surface area (Å²) in [4.78, 5) is 10.7. The Morgan fingerprint density at radius 3 is 1.90 bits per heavy atom. The van der Waals surface area contributed by atoms with Crippen LogP contribution in [-0.4, -0.2) is 45.4 Å². The van der Waals surface area contributed by atoms with Gasteiger partial charge in [-0.25, -0.2) is 4.79 Å². The fourth-order valence-electron chi connectivity index (χ4n) is 2.26. The zero-order valence-electron chi connectivity index (χ0n) is 14.0. The topological polar surface area (TPSA) is 77.0 Å². The lowest BCUT2D eigenvalue weighted by Gasteiger charge is -2.29.